The van der Waals surface area contributed by atoms with Crippen LogP contribution in [0.4, 0.5) is 5.69 Å². The molecule has 0 aromatic heterocycles. The predicted octanol–water partition coefficient (Wildman–Crippen LogP) is 4.42. The Morgan fingerprint density at radius 1 is 0.933 bits per heavy atom. The van der Waals surface area contributed by atoms with Gasteiger partial charge in [-0.1, -0.05) is 36.4 Å². The summed E-state index contributed by atoms with van der Waals surface area (Å²) in [5.74, 6) is -0.430. The average molecular weight is 400 g/mol. The Balaban J connectivity index is 1.76. The molecular weight excluding hydrogens is 380 g/mol. The van der Waals surface area contributed by atoms with Crippen molar-refractivity contribution in [2.45, 2.75) is 13.0 Å². The summed E-state index contributed by atoms with van der Waals surface area (Å²) in [5.41, 5.74) is 2.49. The second-order valence-electron chi connectivity index (χ2n) is 6.47. The zero-order valence-electron chi connectivity index (χ0n) is 16.6. The van der Waals surface area contributed by atoms with Gasteiger partial charge in [0.05, 0.1) is 24.3 Å². The Kier molecular flexibility index (Phi) is 6.46. The molecule has 0 unspecified atom stereocenters. The molecule has 30 heavy (non-hydrogen) atoms. The number of amides is 1. The largest absolute Gasteiger partial charge is 0.497 e. The van der Waals surface area contributed by atoms with E-state index in [1.807, 2.05) is 0 Å². The molecule has 0 bridgehead atoms. The van der Waals surface area contributed by atoms with E-state index in [-0.39, 0.29) is 5.56 Å². The second-order valence-corrected chi connectivity index (χ2v) is 6.47. The molecule has 0 saturated heterocycles. The number of ether oxygens (including phenoxy) is 2. The van der Waals surface area contributed by atoms with Crippen LogP contribution in [-0.2, 0) is 9.53 Å². The van der Waals surface area contributed by atoms with E-state index in [9.17, 15) is 14.9 Å². The summed E-state index contributed by atoms with van der Waals surface area (Å²) in [4.78, 5) is 25.2. The fourth-order valence-electron chi connectivity index (χ4n) is 2.91. The van der Waals surface area contributed by atoms with Gasteiger partial charge >= 0.3 is 5.97 Å². The molecule has 0 fully saturated rings. The number of nitrogens with one attached hydrogen (secondary N) is 1. The number of hydrogen-bond acceptors (Lipinski definition) is 5. The highest BCUT2D eigenvalue weighted by Gasteiger charge is 2.22. The molecule has 0 aliphatic heterocycles. The average Bonchev–Trinajstić information content (AvgIpc) is 2.79. The Morgan fingerprint density at radius 3 is 2.23 bits per heavy atom. The first-order valence-electron chi connectivity index (χ1n) is 9.28. The van der Waals surface area contributed by atoms with Crippen molar-refractivity contribution in [1.29, 1.82) is 5.26 Å². The van der Waals surface area contributed by atoms with E-state index < -0.39 is 18.0 Å². The van der Waals surface area contributed by atoms with E-state index in [1.165, 1.54) is 6.92 Å². The number of benzene rings is 3. The predicted molar refractivity (Wildman–Crippen MR) is 113 cm³/mol. The molecule has 0 aliphatic rings. The summed E-state index contributed by atoms with van der Waals surface area (Å²) in [6.45, 7) is 1.50. The molecule has 3 aromatic carbocycles. The van der Waals surface area contributed by atoms with Gasteiger partial charge < -0.3 is 14.8 Å². The van der Waals surface area contributed by atoms with Gasteiger partial charge in [0.25, 0.3) is 5.91 Å². The maximum atomic E-state index is 12.8. The van der Waals surface area contributed by atoms with Crippen molar-refractivity contribution >= 4 is 17.6 Å². The molecule has 0 saturated carbocycles. The quantitative estimate of drug-likeness (QED) is 0.619. The maximum absolute atomic E-state index is 12.8. The van der Waals surface area contributed by atoms with Gasteiger partial charge in [-0.15, -0.1) is 0 Å². The van der Waals surface area contributed by atoms with Crippen LogP contribution in [0.25, 0.3) is 11.1 Å². The molecule has 0 aliphatic carbocycles. The van der Waals surface area contributed by atoms with E-state index in [2.05, 4.69) is 11.4 Å². The number of hydrogen-bond donors (Lipinski definition) is 1. The number of esters is 1. The van der Waals surface area contributed by atoms with Gasteiger partial charge in [0.2, 0.25) is 0 Å². The van der Waals surface area contributed by atoms with Crippen molar-refractivity contribution in [2.24, 2.45) is 0 Å². The summed E-state index contributed by atoms with van der Waals surface area (Å²) in [6.07, 6.45) is -1.01. The summed E-state index contributed by atoms with van der Waals surface area (Å²) in [7, 11) is 1.56. The molecule has 150 valence electrons. The fraction of sp³-hybridized carbons (Fsp3) is 0.125. The van der Waals surface area contributed by atoms with Gasteiger partial charge in [-0.3, -0.25) is 4.79 Å². The van der Waals surface area contributed by atoms with Crippen LogP contribution in [0.1, 0.15) is 22.8 Å². The highest BCUT2D eigenvalue weighted by atomic mass is 16.5. The lowest BCUT2D eigenvalue weighted by molar-refractivity contribution is -0.123. The molecule has 6 nitrogen and oxygen atoms in total. The monoisotopic (exact) mass is 400 g/mol. The van der Waals surface area contributed by atoms with E-state index in [1.54, 1.807) is 79.9 Å². The van der Waals surface area contributed by atoms with Gasteiger partial charge in [0.15, 0.2) is 6.10 Å². The number of carbonyl (C=O) groups excluding carboxylic acids is 2. The first kappa shape index (κ1) is 20.6. The topological polar surface area (TPSA) is 88.4 Å². The van der Waals surface area contributed by atoms with Crippen molar-refractivity contribution in [2.75, 3.05) is 12.4 Å². The van der Waals surface area contributed by atoms with Crippen molar-refractivity contribution < 1.29 is 19.1 Å². The van der Waals surface area contributed by atoms with Crippen molar-refractivity contribution in [3.8, 4) is 22.9 Å². The van der Waals surface area contributed by atoms with Gasteiger partial charge in [0, 0.05) is 11.3 Å². The normalized spacial score (nSPS) is 11.1. The van der Waals surface area contributed by atoms with Gasteiger partial charge in [-0.25, -0.2) is 4.79 Å². The first-order valence-corrected chi connectivity index (χ1v) is 9.28. The van der Waals surface area contributed by atoms with E-state index in [0.717, 1.165) is 0 Å². The third-order valence-corrected chi connectivity index (χ3v) is 4.50. The minimum Gasteiger partial charge on any atom is -0.497 e. The lowest BCUT2D eigenvalue weighted by Gasteiger charge is -2.15. The molecule has 6 heteroatoms. The highest BCUT2D eigenvalue weighted by molar-refractivity contribution is 6.01. The van der Waals surface area contributed by atoms with Gasteiger partial charge in [-0.05, 0) is 48.9 Å². The summed E-state index contributed by atoms with van der Waals surface area (Å²) in [5, 5.41) is 12.1. The Hall–Kier alpha value is -4.11. The van der Waals surface area contributed by atoms with Crippen LogP contribution in [0.3, 0.4) is 0 Å². The minimum absolute atomic E-state index is 0.282. The van der Waals surface area contributed by atoms with Crippen LogP contribution >= 0.6 is 0 Å². The number of rotatable bonds is 6. The minimum atomic E-state index is -1.01. The Bertz CT molecular complexity index is 1100. The Labute approximate surface area is 174 Å². The molecule has 1 atom stereocenters. The molecular formula is C24H20N2O4. The molecule has 0 spiro atoms. The summed E-state index contributed by atoms with van der Waals surface area (Å²) >= 11 is 0. The number of methoxy groups -OCH3 is 1. The van der Waals surface area contributed by atoms with Crippen LogP contribution in [-0.4, -0.2) is 25.1 Å². The van der Waals surface area contributed by atoms with E-state index in [0.29, 0.717) is 28.1 Å². The van der Waals surface area contributed by atoms with Crippen LogP contribution < -0.4 is 10.1 Å². The SMILES string of the molecule is COc1ccc(NC(=O)[C@@H](C)OC(=O)c2ccccc2-c2ccccc2C#N)cc1. The lowest BCUT2D eigenvalue weighted by atomic mass is 9.96. The van der Waals surface area contributed by atoms with Crippen molar-refractivity contribution in [1.82, 2.24) is 0 Å². The smallest absolute Gasteiger partial charge is 0.339 e. The lowest BCUT2D eigenvalue weighted by Crippen LogP contribution is -2.30. The van der Waals surface area contributed by atoms with Crippen molar-refractivity contribution in [3.63, 3.8) is 0 Å². The summed E-state index contributed by atoms with van der Waals surface area (Å²) in [6, 6.07) is 22.8. The third-order valence-electron chi connectivity index (χ3n) is 4.50. The van der Waals surface area contributed by atoms with Crippen molar-refractivity contribution in [3.05, 3.63) is 83.9 Å². The van der Waals surface area contributed by atoms with E-state index >= 15 is 0 Å². The second kappa shape index (κ2) is 9.39. The summed E-state index contributed by atoms with van der Waals surface area (Å²) < 4.78 is 10.5. The zero-order valence-corrected chi connectivity index (χ0v) is 16.6. The number of nitrogens with zero attached hydrogens (tertiary/aromatic N) is 1. The van der Waals surface area contributed by atoms with E-state index in [4.69, 9.17) is 9.47 Å². The van der Waals surface area contributed by atoms with Crippen LogP contribution in [0.15, 0.2) is 72.8 Å². The van der Waals surface area contributed by atoms with Gasteiger partial charge in [0.1, 0.15) is 5.75 Å². The van der Waals surface area contributed by atoms with Crippen LogP contribution in [0.2, 0.25) is 0 Å². The third kappa shape index (κ3) is 4.65. The number of anilines is 1. The highest BCUT2D eigenvalue weighted by Crippen LogP contribution is 2.27. The first-order chi connectivity index (χ1) is 14.5. The van der Waals surface area contributed by atoms with Crippen LogP contribution in [0, 0.1) is 11.3 Å². The molecule has 0 radical (unpaired) electrons. The molecule has 0 heterocycles. The molecule has 3 aromatic rings. The molecule has 1 N–H and O–H groups in total. The Morgan fingerprint density at radius 2 is 1.57 bits per heavy atom. The molecule has 1 amide bonds. The maximum Gasteiger partial charge on any atom is 0.339 e. The van der Waals surface area contributed by atoms with Crippen LogP contribution in [0.5, 0.6) is 5.75 Å². The number of nitriles is 1. The zero-order chi connectivity index (χ0) is 21.5. The van der Waals surface area contributed by atoms with Gasteiger partial charge in [-0.2, -0.15) is 5.26 Å². The standard InChI is InChI=1S/C24H20N2O4/c1-16(23(27)26-18-11-13-19(29-2)14-12-18)30-24(28)22-10-6-5-9-21(22)20-8-4-3-7-17(20)15-25/h3-14,16H,1-2H3,(H,26,27)/t16-/m1/s1. The number of carbonyl (C=O) groups is 2. The fourth-order valence-corrected chi connectivity index (χ4v) is 2.91. The molecule has 3 rings (SSSR count).